The number of carbonyl (C=O) groups is 3. The van der Waals surface area contributed by atoms with Gasteiger partial charge in [-0.2, -0.15) is 0 Å². The average molecular weight is 426 g/mol. The van der Waals surface area contributed by atoms with Crippen molar-refractivity contribution in [3.63, 3.8) is 0 Å². The molecule has 164 valence electrons. The number of esters is 1. The number of anilines is 1. The Kier molecular flexibility index (Phi) is 9.61. The second-order valence-corrected chi connectivity index (χ2v) is 6.57. The van der Waals surface area contributed by atoms with Crippen LogP contribution >= 0.6 is 0 Å². The van der Waals surface area contributed by atoms with Gasteiger partial charge in [0, 0.05) is 13.0 Å². The second-order valence-electron chi connectivity index (χ2n) is 6.57. The highest BCUT2D eigenvalue weighted by Gasteiger charge is 2.17. The first kappa shape index (κ1) is 23.5. The third kappa shape index (κ3) is 8.22. The lowest BCUT2D eigenvalue weighted by atomic mass is 10.1. The summed E-state index contributed by atoms with van der Waals surface area (Å²) >= 11 is 0. The third-order valence-electron chi connectivity index (χ3n) is 4.18. The molecule has 0 saturated heterocycles. The average Bonchev–Trinajstić information content (AvgIpc) is 2.78. The lowest BCUT2D eigenvalue weighted by Crippen LogP contribution is -2.26. The molecule has 0 aliphatic heterocycles. The summed E-state index contributed by atoms with van der Waals surface area (Å²) < 4.78 is 10.0. The van der Waals surface area contributed by atoms with Gasteiger partial charge in [0.25, 0.3) is 5.91 Å². The number of phenolic OH excluding ortho intramolecular Hbond substituents is 1. The molecule has 0 fully saturated rings. The number of amides is 2. The van der Waals surface area contributed by atoms with Gasteiger partial charge in [0.2, 0.25) is 0 Å². The lowest BCUT2D eigenvalue weighted by molar-refractivity contribution is -0.142. The first-order chi connectivity index (χ1) is 15.0. The molecule has 0 atom stereocenters. The van der Waals surface area contributed by atoms with Crippen LogP contribution in [0.1, 0.15) is 35.2 Å². The van der Waals surface area contributed by atoms with Crippen LogP contribution < -0.4 is 10.6 Å². The van der Waals surface area contributed by atoms with Crippen molar-refractivity contribution in [2.75, 3.05) is 18.5 Å². The Balaban J connectivity index is 1.85. The van der Waals surface area contributed by atoms with Crippen LogP contribution in [0.5, 0.6) is 5.75 Å². The molecule has 8 heteroatoms. The molecule has 0 aliphatic carbocycles. The SMILES string of the molecule is C=CCOC(=O)CCCCNC(=O)c1cccc(O)c1NC(=O)OCc1ccccc1. The van der Waals surface area contributed by atoms with E-state index in [1.807, 2.05) is 30.3 Å². The quantitative estimate of drug-likeness (QED) is 0.218. The van der Waals surface area contributed by atoms with Crippen molar-refractivity contribution in [2.45, 2.75) is 25.9 Å². The highest BCUT2D eigenvalue weighted by Crippen LogP contribution is 2.27. The van der Waals surface area contributed by atoms with Crippen molar-refractivity contribution in [3.8, 4) is 5.75 Å². The highest BCUT2D eigenvalue weighted by atomic mass is 16.5. The van der Waals surface area contributed by atoms with Crippen LogP contribution in [0.15, 0.2) is 61.2 Å². The molecule has 0 bridgehead atoms. The Bertz CT molecular complexity index is 898. The van der Waals surface area contributed by atoms with Crippen LogP contribution in [-0.4, -0.2) is 36.2 Å². The van der Waals surface area contributed by atoms with Crippen LogP contribution in [0.4, 0.5) is 10.5 Å². The van der Waals surface area contributed by atoms with Gasteiger partial charge >= 0.3 is 12.1 Å². The number of aromatic hydroxyl groups is 1. The van der Waals surface area contributed by atoms with Gasteiger partial charge in [0.1, 0.15) is 19.0 Å². The van der Waals surface area contributed by atoms with Crippen LogP contribution in [-0.2, 0) is 20.9 Å². The van der Waals surface area contributed by atoms with Crippen molar-refractivity contribution in [1.82, 2.24) is 5.32 Å². The normalized spacial score (nSPS) is 10.1. The summed E-state index contributed by atoms with van der Waals surface area (Å²) in [7, 11) is 0. The van der Waals surface area contributed by atoms with E-state index in [9.17, 15) is 19.5 Å². The number of benzene rings is 2. The third-order valence-corrected chi connectivity index (χ3v) is 4.18. The Morgan fingerprint density at radius 3 is 2.52 bits per heavy atom. The molecule has 0 heterocycles. The molecule has 0 saturated carbocycles. The molecule has 2 aromatic carbocycles. The number of carbonyl (C=O) groups excluding carboxylic acids is 3. The number of unbranched alkanes of at least 4 members (excludes halogenated alkanes) is 1. The summed E-state index contributed by atoms with van der Waals surface area (Å²) in [5.41, 5.74) is 0.870. The van der Waals surface area contributed by atoms with Crippen molar-refractivity contribution in [3.05, 3.63) is 72.3 Å². The molecule has 2 rings (SSSR count). The molecule has 0 aromatic heterocycles. The predicted octanol–water partition coefficient (Wildman–Crippen LogP) is 3.77. The Morgan fingerprint density at radius 1 is 1.00 bits per heavy atom. The molecule has 2 amide bonds. The van der Waals surface area contributed by atoms with Crippen molar-refractivity contribution >= 4 is 23.7 Å². The van der Waals surface area contributed by atoms with E-state index in [1.54, 1.807) is 0 Å². The zero-order valence-corrected chi connectivity index (χ0v) is 17.1. The summed E-state index contributed by atoms with van der Waals surface area (Å²) in [6, 6.07) is 13.5. The lowest BCUT2D eigenvalue weighted by Gasteiger charge is -2.13. The maximum atomic E-state index is 12.5. The molecule has 3 N–H and O–H groups in total. The van der Waals surface area contributed by atoms with Crippen molar-refractivity contribution < 1.29 is 29.0 Å². The summed E-state index contributed by atoms with van der Waals surface area (Å²) in [4.78, 5) is 36.0. The Hall–Kier alpha value is -3.81. The largest absolute Gasteiger partial charge is 0.506 e. The van der Waals surface area contributed by atoms with Gasteiger partial charge in [-0.25, -0.2) is 4.79 Å². The number of hydrogen-bond donors (Lipinski definition) is 3. The maximum Gasteiger partial charge on any atom is 0.412 e. The standard InChI is InChI=1S/C23H26N2O6/c1-2-15-30-20(27)13-6-7-14-24-22(28)18-11-8-12-19(26)21(18)25-23(29)31-16-17-9-4-3-5-10-17/h2-5,8-12,26H,1,6-7,13-16H2,(H,24,28)(H,25,29). The van der Waals surface area contributed by atoms with E-state index in [4.69, 9.17) is 9.47 Å². The van der Waals surface area contributed by atoms with Gasteiger partial charge in [-0.3, -0.25) is 14.9 Å². The number of para-hydroxylation sites is 1. The predicted molar refractivity (Wildman–Crippen MR) is 116 cm³/mol. The minimum Gasteiger partial charge on any atom is -0.506 e. The Morgan fingerprint density at radius 2 is 1.77 bits per heavy atom. The van der Waals surface area contributed by atoms with Gasteiger partial charge in [0.15, 0.2) is 0 Å². The minimum absolute atomic E-state index is 0.0361. The van der Waals surface area contributed by atoms with E-state index in [0.29, 0.717) is 19.4 Å². The van der Waals surface area contributed by atoms with Crippen molar-refractivity contribution in [1.29, 1.82) is 0 Å². The van der Waals surface area contributed by atoms with Gasteiger partial charge in [-0.15, -0.1) is 0 Å². The smallest absolute Gasteiger partial charge is 0.412 e. The minimum atomic E-state index is -0.794. The van der Waals surface area contributed by atoms with Crippen LogP contribution in [0.2, 0.25) is 0 Å². The van der Waals surface area contributed by atoms with E-state index in [0.717, 1.165) is 5.56 Å². The zero-order chi connectivity index (χ0) is 22.5. The molecule has 8 nitrogen and oxygen atoms in total. The first-order valence-corrected chi connectivity index (χ1v) is 9.85. The fourth-order valence-electron chi connectivity index (χ4n) is 2.64. The number of hydrogen-bond acceptors (Lipinski definition) is 6. The molecule has 0 aliphatic rings. The number of rotatable bonds is 11. The molecule has 0 spiro atoms. The maximum absolute atomic E-state index is 12.5. The van der Waals surface area contributed by atoms with E-state index in [-0.39, 0.29) is 42.6 Å². The molecule has 0 unspecified atom stereocenters. The van der Waals surface area contributed by atoms with E-state index in [1.165, 1.54) is 24.3 Å². The number of phenols is 1. The summed E-state index contributed by atoms with van der Waals surface area (Å²) in [5.74, 6) is -1.04. The van der Waals surface area contributed by atoms with E-state index < -0.39 is 12.0 Å². The summed E-state index contributed by atoms with van der Waals surface area (Å²) in [6.45, 7) is 4.02. The van der Waals surface area contributed by atoms with Crippen LogP contribution in [0, 0.1) is 0 Å². The van der Waals surface area contributed by atoms with Gasteiger partial charge in [-0.05, 0) is 30.5 Å². The topological polar surface area (TPSA) is 114 Å². The fourth-order valence-corrected chi connectivity index (χ4v) is 2.64. The summed E-state index contributed by atoms with van der Waals surface area (Å²) in [5, 5.41) is 15.2. The molecular weight excluding hydrogens is 400 g/mol. The summed E-state index contributed by atoms with van der Waals surface area (Å²) in [6.07, 6.45) is 2.06. The number of nitrogens with one attached hydrogen (secondary N) is 2. The van der Waals surface area contributed by atoms with Crippen molar-refractivity contribution in [2.24, 2.45) is 0 Å². The first-order valence-electron chi connectivity index (χ1n) is 9.85. The van der Waals surface area contributed by atoms with E-state index in [2.05, 4.69) is 17.2 Å². The number of ether oxygens (including phenoxy) is 2. The van der Waals surface area contributed by atoms with Crippen LogP contribution in [0.25, 0.3) is 0 Å². The monoisotopic (exact) mass is 426 g/mol. The van der Waals surface area contributed by atoms with E-state index >= 15 is 0 Å². The fraction of sp³-hybridized carbons (Fsp3) is 0.261. The van der Waals surface area contributed by atoms with Crippen LogP contribution in [0.3, 0.4) is 0 Å². The highest BCUT2D eigenvalue weighted by molar-refractivity contribution is 6.04. The zero-order valence-electron chi connectivity index (χ0n) is 17.1. The Labute approximate surface area is 180 Å². The molecule has 0 radical (unpaired) electrons. The molecular formula is C23H26N2O6. The molecule has 2 aromatic rings. The second kappa shape index (κ2) is 12.7. The van der Waals surface area contributed by atoms with Gasteiger partial charge < -0.3 is 19.9 Å². The van der Waals surface area contributed by atoms with Gasteiger partial charge in [-0.1, -0.05) is 49.1 Å². The van der Waals surface area contributed by atoms with Gasteiger partial charge in [0.05, 0.1) is 11.3 Å². The molecule has 31 heavy (non-hydrogen) atoms.